The molecule has 0 N–H and O–H groups in total. The summed E-state index contributed by atoms with van der Waals surface area (Å²) in [7, 11) is 1.52. The summed E-state index contributed by atoms with van der Waals surface area (Å²) < 4.78 is 5.34. The van der Waals surface area contributed by atoms with Gasteiger partial charge in [-0.1, -0.05) is 23.8 Å². The molecule has 2 aliphatic carbocycles. The maximum Gasteiger partial charge on any atom is 0.238 e. The number of benzene rings is 1. The van der Waals surface area contributed by atoms with Crippen LogP contribution in [0.2, 0.25) is 5.02 Å². The van der Waals surface area contributed by atoms with Crippen molar-refractivity contribution in [1.29, 1.82) is 0 Å². The molecule has 0 unspecified atom stereocenters. The molecule has 22 heavy (non-hydrogen) atoms. The van der Waals surface area contributed by atoms with E-state index in [9.17, 15) is 9.59 Å². The SMILES string of the molecule is COc1cc(Cl)c(C)cc1N1C(=O)[C@@H]2[C@H](C1=O)[C@@H]1C=C[C@H]2C1. The molecular formula is C17H16ClNO3. The third-order valence-corrected chi connectivity index (χ3v) is 5.58. The summed E-state index contributed by atoms with van der Waals surface area (Å²) in [5.41, 5.74) is 1.32. The van der Waals surface area contributed by atoms with Gasteiger partial charge in [0.15, 0.2) is 0 Å². The highest BCUT2D eigenvalue weighted by atomic mass is 35.5. The van der Waals surface area contributed by atoms with Gasteiger partial charge in [0.05, 0.1) is 24.6 Å². The molecule has 1 heterocycles. The van der Waals surface area contributed by atoms with Crippen LogP contribution in [0.5, 0.6) is 5.75 Å². The fraction of sp³-hybridized carbons (Fsp3) is 0.412. The van der Waals surface area contributed by atoms with Crippen LogP contribution in [0.15, 0.2) is 24.3 Å². The average molecular weight is 318 g/mol. The van der Waals surface area contributed by atoms with Crippen LogP contribution < -0.4 is 9.64 Å². The first-order valence-corrected chi connectivity index (χ1v) is 7.81. The number of methoxy groups -OCH3 is 1. The monoisotopic (exact) mass is 317 g/mol. The molecule has 4 nitrogen and oxygen atoms in total. The van der Waals surface area contributed by atoms with Gasteiger partial charge < -0.3 is 4.74 Å². The largest absolute Gasteiger partial charge is 0.495 e. The molecule has 114 valence electrons. The quantitative estimate of drug-likeness (QED) is 0.622. The number of imide groups is 1. The second kappa shape index (κ2) is 4.59. The normalized spacial score (nSPS) is 32.0. The third-order valence-electron chi connectivity index (χ3n) is 5.17. The standard InChI is InChI=1S/C17H16ClNO3/c1-8-5-12(13(22-2)7-11(8)18)19-16(20)14-9-3-4-10(6-9)15(14)17(19)21/h3-5,7,9-10,14-15H,6H2,1-2H3/t9-,10+,14-,15+. The number of carbonyl (C=O) groups is 2. The smallest absolute Gasteiger partial charge is 0.238 e. The van der Waals surface area contributed by atoms with Crippen LogP contribution in [0.4, 0.5) is 5.69 Å². The number of aryl methyl sites for hydroxylation is 1. The van der Waals surface area contributed by atoms with Gasteiger partial charge in [-0.2, -0.15) is 0 Å². The van der Waals surface area contributed by atoms with Gasteiger partial charge in [0.1, 0.15) is 5.75 Å². The Morgan fingerprint density at radius 2 is 1.73 bits per heavy atom. The summed E-state index contributed by atoms with van der Waals surface area (Å²) in [6.07, 6.45) is 5.10. The number of allylic oxidation sites excluding steroid dienone is 2. The molecule has 2 amide bonds. The summed E-state index contributed by atoms with van der Waals surface area (Å²) in [6, 6.07) is 3.42. The van der Waals surface area contributed by atoms with E-state index in [0.717, 1.165) is 12.0 Å². The van der Waals surface area contributed by atoms with Crippen molar-refractivity contribution in [3.63, 3.8) is 0 Å². The maximum atomic E-state index is 12.8. The van der Waals surface area contributed by atoms with Crippen LogP contribution >= 0.6 is 11.6 Å². The summed E-state index contributed by atoms with van der Waals surface area (Å²) in [4.78, 5) is 27.0. The number of halogens is 1. The van der Waals surface area contributed by atoms with Crippen molar-refractivity contribution in [3.8, 4) is 5.75 Å². The van der Waals surface area contributed by atoms with Crippen LogP contribution in [-0.2, 0) is 9.59 Å². The molecule has 0 spiro atoms. The predicted octanol–water partition coefficient (Wildman–Crippen LogP) is 2.97. The Bertz CT molecular complexity index is 697. The van der Waals surface area contributed by atoms with Gasteiger partial charge in [0.25, 0.3) is 0 Å². The van der Waals surface area contributed by atoms with Crippen LogP contribution in [0.3, 0.4) is 0 Å². The van der Waals surface area contributed by atoms with Gasteiger partial charge in [0.2, 0.25) is 11.8 Å². The molecule has 1 saturated heterocycles. The minimum absolute atomic E-state index is 0.105. The average Bonchev–Trinajstić information content (AvgIpc) is 3.16. The number of amides is 2. The molecule has 3 aliphatic rings. The summed E-state index contributed by atoms with van der Waals surface area (Å²) >= 11 is 6.12. The van der Waals surface area contributed by atoms with Crippen molar-refractivity contribution in [3.05, 3.63) is 34.9 Å². The highest BCUT2D eigenvalue weighted by Gasteiger charge is 2.59. The van der Waals surface area contributed by atoms with Crippen LogP contribution in [-0.4, -0.2) is 18.9 Å². The number of nitrogens with zero attached hydrogens (tertiary/aromatic N) is 1. The molecule has 4 atom stereocenters. The second-order valence-corrected chi connectivity index (χ2v) is 6.69. The molecule has 1 saturated carbocycles. The first kappa shape index (κ1) is 13.8. The lowest BCUT2D eigenvalue weighted by atomic mass is 9.85. The topological polar surface area (TPSA) is 46.6 Å². The second-order valence-electron chi connectivity index (χ2n) is 6.29. The van der Waals surface area contributed by atoms with Crippen LogP contribution in [0.25, 0.3) is 0 Å². The van der Waals surface area contributed by atoms with Gasteiger partial charge in [0, 0.05) is 11.1 Å². The fourth-order valence-electron chi connectivity index (χ4n) is 4.13. The van der Waals surface area contributed by atoms with E-state index >= 15 is 0 Å². The molecular weight excluding hydrogens is 302 g/mol. The van der Waals surface area contributed by atoms with Gasteiger partial charge >= 0.3 is 0 Å². The molecule has 1 aromatic rings. The summed E-state index contributed by atoms with van der Waals surface area (Å²) in [6.45, 7) is 1.85. The first-order chi connectivity index (χ1) is 10.5. The summed E-state index contributed by atoms with van der Waals surface area (Å²) in [5.74, 6) is 0.245. The zero-order valence-electron chi connectivity index (χ0n) is 12.4. The number of hydrogen-bond acceptors (Lipinski definition) is 3. The molecule has 0 radical (unpaired) electrons. The molecule has 2 fully saturated rings. The van der Waals surface area contributed by atoms with Gasteiger partial charge in [-0.05, 0) is 36.8 Å². The Morgan fingerprint density at radius 1 is 1.14 bits per heavy atom. The molecule has 4 rings (SSSR count). The first-order valence-electron chi connectivity index (χ1n) is 7.43. The van der Waals surface area contributed by atoms with Crippen molar-refractivity contribution in [2.75, 3.05) is 12.0 Å². The van der Waals surface area contributed by atoms with Crippen molar-refractivity contribution < 1.29 is 14.3 Å². The lowest BCUT2D eigenvalue weighted by molar-refractivity contribution is -0.123. The number of hydrogen-bond donors (Lipinski definition) is 0. The third kappa shape index (κ3) is 1.64. The van der Waals surface area contributed by atoms with Gasteiger partial charge in [-0.15, -0.1) is 0 Å². The van der Waals surface area contributed by atoms with Crippen molar-refractivity contribution in [2.24, 2.45) is 23.7 Å². The zero-order valence-corrected chi connectivity index (χ0v) is 13.1. The fourth-order valence-corrected chi connectivity index (χ4v) is 4.28. The van der Waals surface area contributed by atoms with E-state index in [1.807, 2.05) is 6.92 Å². The van der Waals surface area contributed by atoms with Crippen molar-refractivity contribution in [2.45, 2.75) is 13.3 Å². The highest BCUT2D eigenvalue weighted by Crippen LogP contribution is 2.54. The Kier molecular flexibility index (Phi) is 2.89. The van der Waals surface area contributed by atoms with Gasteiger partial charge in [-0.25, -0.2) is 4.90 Å². The lowest BCUT2D eigenvalue weighted by Gasteiger charge is -2.20. The van der Waals surface area contributed by atoms with E-state index < -0.39 is 0 Å². The number of anilines is 1. The zero-order chi connectivity index (χ0) is 15.6. The van der Waals surface area contributed by atoms with Gasteiger partial charge in [-0.3, -0.25) is 9.59 Å². The number of carbonyl (C=O) groups excluding carboxylic acids is 2. The lowest BCUT2D eigenvalue weighted by Crippen LogP contribution is -2.33. The molecule has 5 heteroatoms. The van der Waals surface area contributed by atoms with E-state index in [-0.39, 0.29) is 35.5 Å². The van der Waals surface area contributed by atoms with Crippen LogP contribution in [0, 0.1) is 30.6 Å². The summed E-state index contributed by atoms with van der Waals surface area (Å²) in [5, 5.41) is 0.557. The Morgan fingerprint density at radius 3 is 2.27 bits per heavy atom. The van der Waals surface area contributed by atoms with Crippen molar-refractivity contribution in [1.82, 2.24) is 0 Å². The predicted molar refractivity (Wildman–Crippen MR) is 83.0 cm³/mol. The van der Waals surface area contributed by atoms with E-state index in [1.165, 1.54) is 12.0 Å². The molecule has 0 aromatic heterocycles. The maximum absolute atomic E-state index is 12.8. The number of rotatable bonds is 2. The number of fused-ring (bicyclic) bond motifs is 5. The van der Waals surface area contributed by atoms with E-state index in [2.05, 4.69) is 12.2 Å². The number of ether oxygens (including phenoxy) is 1. The molecule has 1 aliphatic heterocycles. The van der Waals surface area contributed by atoms with E-state index in [0.29, 0.717) is 16.5 Å². The Labute approximate surface area is 133 Å². The van der Waals surface area contributed by atoms with Crippen LogP contribution in [0.1, 0.15) is 12.0 Å². The van der Waals surface area contributed by atoms with E-state index in [4.69, 9.17) is 16.3 Å². The Balaban J connectivity index is 1.80. The van der Waals surface area contributed by atoms with E-state index in [1.54, 1.807) is 12.1 Å². The molecule has 1 aromatic carbocycles. The van der Waals surface area contributed by atoms with Crippen molar-refractivity contribution >= 4 is 29.1 Å². The molecule has 2 bridgehead atoms. The highest BCUT2D eigenvalue weighted by molar-refractivity contribution is 6.32. The minimum Gasteiger partial charge on any atom is -0.495 e. The Hall–Kier alpha value is -1.81. The minimum atomic E-state index is -0.205.